The van der Waals surface area contributed by atoms with Crippen molar-refractivity contribution in [1.82, 2.24) is 20.9 Å². The van der Waals surface area contributed by atoms with Gasteiger partial charge in [-0.05, 0) is 76.0 Å². The van der Waals surface area contributed by atoms with E-state index in [0.717, 1.165) is 36.6 Å². The summed E-state index contributed by atoms with van der Waals surface area (Å²) in [4.78, 5) is 44.7. The van der Waals surface area contributed by atoms with Crippen LogP contribution >= 0.6 is 0 Å². The molecule has 0 aliphatic heterocycles. The molecule has 4 rings (SSSR count). The van der Waals surface area contributed by atoms with Gasteiger partial charge in [0.05, 0.1) is 17.7 Å². The van der Waals surface area contributed by atoms with E-state index in [1.165, 1.54) is 0 Å². The van der Waals surface area contributed by atoms with Crippen molar-refractivity contribution in [3.63, 3.8) is 0 Å². The first-order valence-electron chi connectivity index (χ1n) is 15.9. The Bertz CT molecular complexity index is 1420. The number of nitrogens with one attached hydrogen (secondary N) is 3. The zero-order chi connectivity index (χ0) is 31.9. The number of carbonyl (C=O) groups excluding carboxylic acids is 3. The minimum Gasteiger partial charge on any atom is -0.391 e. The molecule has 3 aromatic rings. The van der Waals surface area contributed by atoms with Gasteiger partial charge in [-0.1, -0.05) is 81.3 Å². The molecular formula is C36H48N4O4. The van der Waals surface area contributed by atoms with Crippen LogP contribution in [0.15, 0.2) is 66.7 Å². The first kappa shape index (κ1) is 33.1. The number of hydrogen-bond donors (Lipinski definition) is 4. The van der Waals surface area contributed by atoms with E-state index in [9.17, 15) is 19.5 Å². The van der Waals surface area contributed by atoms with Crippen molar-refractivity contribution in [1.29, 1.82) is 0 Å². The monoisotopic (exact) mass is 600 g/mol. The van der Waals surface area contributed by atoms with Crippen LogP contribution in [0.25, 0.3) is 10.9 Å². The Labute approximate surface area is 261 Å². The molecule has 0 unspecified atom stereocenters. The summed E-state index contributed by atoms with van der Waals surface area (Å²) < 4.78 is 0. The number of amides is 3. The van der Waals surface area contributed by atoms with Gasteiger partial charge in [0.25, 0.3) is 5.91 Å². The fraction of sp³-hybridized carbons (Fsp3) is 0.500. The van der Waals surface area contributed by atoms with Crippen molar-refractivity contribution in [3.05, 3.63) is 78.0 Å². The maximum Gasteiger partial charge on any atom is 0.270 e. The Morgan fingerprint density at radius 3 is 2.30 bits per heavy atom. The molecule has 0 saturated heterocycles. The van der Waals surface area contributed by atoms with Gasteiger partial charge in [0, 0.05) is 16.8 Å². The summed E-state index contributed by atoms with van der Waals surface area (Å²) in [5.41, 5.74) is 1.59. The van der Waals surface area contributed by atoms with Gasteiger partial charge in [-0.25, -0.2) is 4.98 Å². The number of nitrogens with zero attached hydrogens (tertiary/aromatic N) is 1. The molecular weight excluding hydrogens is 552 g/mol. The van der Waals surface area contributed by atoms with Gasteiger partial charge in [-0.3, -0.25) is 14.4 Å². The van der Waals surface area contributed by atoms with Crippen LogP contribution in [0.3, 0.4) is 0 Å². The number of hydrogen-bond acceptors (Lipinski definition) is 5. The van der Waals surface area contributed by atoms with Crippen LogP contribution < -0.4 is 16.0 Å². The molecule has 236 valence electrons. The lowest BCUT2D eigenvalue weighted by molar-refractivity contribution is -0.130. The number of aliphatic hydroxyl groups is 1. The molecule has 3 amide bonds. The van der Waals surface area contributed by atoms with Crippen molar-refractivity contribution in [3.8, 4) is 0 Å². The average molecular weight is 601 g/mol. The van der Waals surface area contributed by atoms with Crippen molar-refractivity contribution >= 4 is 28.6 Å². The van der Waals surface area contributed by atoms with Gasteiger partial charge < -0.3 is 21.1 Å². The third-order valence-corrected chi connectivity index (χ3v) is 8.45. The fourth-order valence-corrected chi connectivity index (χ4v) is 6.14. The summed E-state index contributed by atoms with van der Waals surface area (Å²) in [5, 5.41) is 21.7. The van der Waals surface area contributed by atoms with Crippen LogP contribution in [0, 0.1) is 17.8 Å². The smallest absolute Gasteiger partial charge is 0.270 e. The lowest BCUT2D eigenvalue weighted by atomic mass is 9.74. The number of pyridine rings is 1. The molecule has 1 aliphatic carbocycles. The van der Waals surface area contributed by atoms with Gasteiger partial charge in [-0.15, -0.1) is 0 Å². The molecule has 44 heavy (non-hydrogen) atoms. The number of aromatic nitrogens is 1. The minimum atomic E-state index is -0.877. The van der Waals surface area contributed by atoms with E-state index in [1.807, 2.05) is 95.3 Å². The number of carbonyl (C=O) groups is 3. The second kappa shape index (κ2) is 14.8. The quantitative estimate of drug-likeness (QED) is 0.242. The topological polar surface area (TPSA) is 120 Å². The Hall–Kier alpha value is -3.78. The Kier molecular flexibility index (Phi) is 11.1. The Morgan fingerprint density at radius 2 is 1.59 bits per heavy atom. The van der Waals surface area contributed by atoms with E-state index in [1.54, 1.807) is 6.07 Å². The summed E-state index contributed by atoms with van der Waals surface area (Å²) in [5.74, 6) is -1.14. The fourth-order valence-electron chi connectivity index (χ4n) is 6.14. The molecule has 0 bridgehead atoms. The van der Waals surface area contributed by atoms with Gasteiger partial charge in [0.15, 0.2) is 0 Å². The van der Waals surface area contributed by atoms with Gasteiger partial charge in [0.2, 0.25) is 11.8 Å². The van der Waals surface area contributed by atoms with E-state index in [4.69, 9.17) is 0 Å². The molecule has 8 nitrogen and oxygen atoms in total. The molecule has 0 spiro atoms. The zero-order valence-corrected chi connectivity index (χ0v) is 26.7. The highest BCUT2D eigenvalue weighted by molar-refractivity contribution is 5.98. The van der Waals surface area contributed by atoms with Crippen LogP contribution in [-0.4, -0.2) is 51.5 Å². The van der Waals surface area contributed by atoms with Crippen LogP contribution in [0.2, 0.25) is 0 Å². The van der Waals surface area contributed by atoms with Gasteiger partial charge in [-0.2, -0.15) is 0 Å². The van der Waals surface area contributed by atoms with Crippen LogP contribution in [0.1, 0.15) is 82.8 Å². The highest BCUT2D eigenvalue weighted by atomic mass is 16.3. The predicted molar refractivity (Wildman–Crippen MR) is 174 cm³/mol. The molecule has 1 fully saturated rings. The molecule has 5 atom stereocenters. The Morgan fingerprint density at radius 1 is 0.909 bits per heavy atom. The Balaban J connectivity index is 1.50. The number of rotatable bonds is 11. The molecule has 8 heteroatoms. The molecule has 2 aromatic carbocycles. The number of fused-ring (bicyclic) bond motifs is 1. The van der Waals surface area contributed by atoms with E-state index in [-0.39, 0.29) is 40.8 Å². The van der Waals surface area contributed by atoms with Crippen molar-refractivity contribution in [2.75, 3.05) is 0 Å². The van der Waals surface area contributed by atoms with Crippen LogP contribution in [0.5, 0.6) is 0 Å². The predicted octanol–water partition coefficient (Wildman–Crippen LogP) is 5.19. The number of aliphatic hydroxyl groups excluding tert-OH is 1. The third-order valence-electron chi connectivity index (χ3n) is 8.45. The SMILES string of the molecule is CC(C)[C@H](NC(=O)c1ccc2ccccc2n1)C(=O)N[C@@H](Cc1ccccc1)[C@H](O)C[C@@H]1CCCC[C@H]1C(=O)NC(C)(C)C. The van der Waals surface area contributed by atoms with Crippen LogP contribution in [-0.2, 0) is 16.0 Å². The summed E-state index contributed by atoms with van der Waals surface area (Å²) in [6.07, 6.45) is 3.59. The summed E-state index contributed by atoms with van der Waals surface area (Å²) in [7, 11) is 0. The maximum atomic E-state index is 13.8. The molecule has 0 radical (unpaired) electrons. The first-order chi connectivity index (χ1) is 20.9. The molecule has 1 aromatic heterocycles. The van der Waals surface area contributed by atoms with Crippen molar-refractivity contribution < 1.29 is 19.5 Å². The molecule has 1 aliphatic rings. The molecule has 4 N–H and O–H groups in total. The van der Waals surface area contributed by atoms with Gasteiger partial charge in [0.1, 0.15) is 11.7 Å². The largest absolute Gasteiger partial charge is 0.391 e. The average Bonchev–Trinajstić information content (AvgIpc) is 2.98. The van der Waals surface area contributed by atoms with E-state index in [0.29, 0.717) is 18.4 Å². The standard InChI is InChI=1S/C36H48N4O4/c1-23(2)32(39-34(43)29-20-19-25-15-10-12-18-28(25)37-29)35(44)38-30(21-24-13-7-6-8-14-24)31(41)22-26-16-9-11-17-27(26)33(42)40-36(3,4)5/h6-8,10,12-15,18-20,23,26-27,30-32,41H,9,11,16-17,21-22H2,1-5H3,(H,38,44)(H,39,43)(H,40,42)/t26-,27+,30-,31+,32-/m0/s1. The second-order valence-corrected chi connectivity index (χ2v) is 13.6. The normalized spacial score (nSPS) is 19.2. The lowest BCUT2D eigenvalue weighted by Crippen LogP contribution is -2.55. The highest BCUT2D eigenvalue weighted by Crippen LogP contribution is 2.34. The lowest BCUT2D eigenvalue weighted by Gasteiger charge is -2.36. The number of para-hydroxylation sites is 1. The highest BCUT2D eigenvalue weighted by Gasteiger charge is 2.36. The minimum absolute atomic E-state index is 0.0100. The van der Waals surface area contributed by atoms with Crippen molar-refractivity contribution in [2.45, 2.75) is 96.9 Å². The maximum absolute atomic E-state index is 13.8. The van der Waals surface area contributed by atoms with Crippen LogP contribution in [0.4, 0.5) is 0 Å². The van der Waals surface area contributed by atoms with E-state index >= 15 is 0 Å². The number of benzene rings is 2. The van der Waals surface area contributed by atoms with Crippen molar-refractivity contribution in [2.24, 2.45) is 17.8 Å². The van der Waals surface area contributed by atoms with Gasteiger partial charge >= 0.3 is 0 Å². The second-order valence-electron chi connectivity index (χ2n) is 13.6. The summed E-state index contributed by atoms with van der Waals surface area (Å²) in [6.45, 7) is 9.68. The van der Waals surface area contributed by atoms with E-state index in [2.05, 4.69) is 20.9 Å². The third kappa shape index (κ3) is 9.11. The summed E-state index contributed by atoms with van der Waals surface area (Å²) >= 11 is 0. The summed E-state index contributed by atoms with van der Waals surface area (Å²) in [6, 6.07) is 19.4. The zero-order valence-electron chi connectivity index (χ0n) is 26.7. The molecule has 1 saturated carbocycles. The molecule has 1 heterocycles. The first-order valence-corrected chi connectivity index (χ1v) is 15.9. The van der Waals surface area contributed by atoms with E-state index < -0.39 is 24.1 Å².